The molecule has 3 rings (SSSR count). The van der Waals surface area contributed by atoms with Crippen molar-refractivity contribution in [2.75, 3.05) is 5.32 Å². The van der Waals surface area contributed by atoms with Gasteiger partial charge in [-0.2, -0.15) is 8.78 Å². The quantitative estimate of drug-likeness (QED) is 0.599. The van der Waals surface area contributed by atoms with Crippen molar-refractivity contribution < 1.29 is 13.5 Å². The van der Waals surface area contributed by atoms with Gasteiger partial charge >= 0.3 is 6.61 Å². The Morgan fingerprint density at radius 1 is 0.889 bits per heavy atom. The average molecular weight is 385 g/mol. The maximum absolute atomic E-state index is 12.2. The van der Waals surface area contributed by atoms with E-state index in [0.717, 1.165) is 11.1 Å². The lowest BCUT2D eigenvalue weighted by atomic mass is 10.00. The molecule has 3 aromatic rings. The van der Waals surface area contributed by atoms with Crippen LogP contribution >= 0.6 is 12.2 Å². The average Bonchev–Trinajstić information content (AvgIpc) is 2.69. The topological polar surface area (TPSA) is 46.2 Å². The molecule has 2 N–H and O–H groups in total. The highest BCUT2D eigenvalue weighted by Gasteiger charge is 2.15. The van der Waals surface area contributed by atoms with Gasteiger partial charge in [-0.25, -0.2) is 0 Å². The van der Waals surface area contributed by atoms with Crippen LogP contribution in [0.4, 0.5) is 14.5 Å². The fraction of sp³-hybridized carbons (Fsp3) is 0.100. The number of nitrogens with zero attached hydrogens (tertiary/aromatic N) is 1. The molecule has 4 nitrogen and oxygen atoms in total. The summed E-state index contributed by atoms with van der Waals surface area (Å²) in [4.78, 5) is 4.06. The van der Waals surface area contributed by atoms with Crippen LogP contribution in [0.1, 0.15) is 17.2 Å². The summed E-state index contributed by atoms with van der Waals surface area (Å²) >= 11 is 5.43. The summed E-state index contributed by atoms with van der Waals surface area (Å²) in [7, 11) is 0. The molecule has 2 aromatic carbocycles. The summed E-state index contributed by atoms with van der Waals surface area (Å²) in [6.45, 7) is -2.85. The smallest absolute Gasteiger partial charge is 0.387 e. The van der Waals surface area contributed by atoms with E-state index in [-0.39, 0.29) is 11.8 Å². The van der Waals surface area contributed by atoms with E-state index in [0.29, 0.717) is 10.8 Å². The largest absolute Gasteiger partial charge is 0.435 e. The molecular weight excluding hydrogens is 368 g/mol. The van der Waals surface area contributed by atoms with Crippen molar-refractivity contribution in [3.8, 4) is 5.75 Å². The highest BCUT2D eigenvalue weighted by atomic mass is 32.1. The second-order valence-corrected chi connectivity index (χ2v) is 6.03. The Kier molecular flexibility index (Phi) is 6.27. The fourth-order valence-electron chi connectivity index (χ4n) is 2.58. The monoisotopic (exact) mass is 385 g/mol. The number of aromatic nitrogens is 1. The van der Waals surface area contributed by atoms with E-state index in [1.807, 2.05) is 42.5 Å². The molecule has 7 heteroatoms. The summed E-state index contributed by atoms with van der Waals surface area (Å²) in [6, 6.07) is 19.7. The predicted octanol–water partition coefficient (Wildman–Crippen LogP) is 4.76. The highest BCUT2D eigenvalue weighted by molar-refractivity contribution is 7.80. The van der Waals surface area contributed by atoms with Crippen molar-refractivity contribution in [1.29, 1.82) is 0 Å². The van der Waals surface area contributed by atoms with E-state index in [4.69, 9.17) is 12.2 Å². The molecule has 0 fully saturated rings. The summed E-state index contributed by atoms with van der Waals surface area (Å²) in [6.07, 6.45) is 3.45. The van der Waals surface area contributed by atoms with Crippen molar-refractivity contribution in [2.24, 2.45) is 0 Å². The number of rotatable bonds is 6. The van der Waals surface area contributed by atoms with Gasteiger partial charge in [-0.05, 0) is 59.7 Å². The zero-order valence-electron chi connectivity index (χ0n) is 14.2. The lowest BCUT2D eigenvalue weighted by Crippen LogP contribution is -2.33. The van der Waals surface area contributed by atoms with E-state index in [9.17, 15) is 8.78 Å². The highest BCUT2D eigenvalue weighted by Crippen LogP contribution is 2.22. The maximum Gasteiger partial charge on any atom is 0.387 e. The van der Waals surface area contributed by atoms with Crippen LogP contribution in [0.3, 0.4) is 0 Å². The molecule has 0 aliphatic rings. The Morgan fingerprint density at radius 2 is 1.52 bits per heavy atom. The van der Waals surface area contributed by atoms with Gasteiger partial charge in [0.05, 0.1) is 6.04 Å². The standard InChI is InChI=1S/C20H17F2N3OS/c21-19(22)26-17-8-6-16(7-9-17)24-20(27)25-18(14-4-2-1-3-5-14)15-10-12-23-13-11-15/h1-13,18-19H,(H2,24,25,27)/t18-/m1/s1. The van der Waals surface area contributed by atoms with Crippen molar-refractivity contribution in [3.63, 3.8) is 0 Å². The fourth-order valence-corrected chi connectivity index (χ4v) is 2.81. The van der Waals surface area contributed by atoms with Crippen molar-refractivity contribution in [1.82, 2.24) is 10.3 Å². The van der Waals surface area contributed by atoms with Gasteiger partial charge in [0.1, 0.15) is 5.75 Å². The molecule has 1 heterocycles. The van der Waals surface area contributed by atoms with Crippen LogP contribution < -0.4 is 15.4 Å². The first-order chi connectivity index (χ1) is 13.1. The second kappa shape index (κ2) is 9.05. The number of hydrogen-bond acceptors (Lipinski definition) is 3. The normalized spacial score (nSPS) is 11.7. The first-order valence-corrected chi connectivity index (χ1v) is 8.60. The molecule has 0 saturated carbocycles. The van der Waals surface area contributed by atoms with Gasteiger partial charge in [-0.1, -0.05) is 30.3 Å². The molecule has 27 heavy (non-hydrogen) atoms. The van der Waals surface area contributed by atoms with Gasteiger partial charge in [0.2, 0.25) is 0 Å². The molecule has 0 amide bonds. The zero-order valence-corrected chi connectivity index (χ0v) is 15.0. The number of alkyl halides is 2. The van der Waals surface area contributed by atoms with Gasteiger partial charge < -0.3 is 15.4 Å². The summed E-state index contributed by atoms with van der Waals surface area (Å²) in [5.74, 6) is 0.0911. The molecule has 0 bridgehead atoms. The minimum absolute atomic E-state index is 0.0911. The molecule has 0 saturated heterocycles. The van der Waals surface area contributed by atoms with Crippen LogP contribution in [-0.2, 0) is 0 Å². The lowest BCUT2D eigenvalue weighted by Gasteiger charge is -2.22. The van der Waals surface area contributed by atoms with E-state index in [2.05, 4.69) is 20.4 Å². The molecule has 0 spiro atoms. The Labute approximate surface area is 161 Å². The van der Waals surface area contributed by atoms with Crippen LogP contribution in [0.2, 0.25) is 0 Å². The third-order valence-electron chi connectivity index (χ3n) is 3.79. The van der Waals surface area contributed by atoms with Gasteiger partial charge in [-0.3, -0.25) is 4.98 Å². The predicted molar refractivity (Wildman–Crippen MR) is 105 cm³/mol. The number of ether oxygens (including phenoxy) is 1. The third-order valence-corrected chi connectivity index (χ3v) is 4.01. The van der Waals surface area contributed by atoms with Crippen LogP contribution in [0.25, 0.3) is 0 Å². The molecule has 138 valence electrons. The Bertz CT molecular complexity index is 822. The van der Waals surface area contributed by atoms with Crippen molar-refractivity contribution >= 4 is 23.0 Å². The van der Waals surface area contributed by atoms with E-state index in [1.54, 1.807) is 24.5 Å². The van der Waals surface area contributed by atoms with Crippen LogP contribution in [0.5, 0.6) is 5.75 Å². The molecule has 0 aliphatic heterocycles. The molecule has 0 aliphatic carbocycles. The first kappa shape index (κ1) is 18.7. The minimum Gasteiger partial charge on any atom is -0.435 e. The summed E-state index contributed by atoms with van der Waals surface area (Å²) < 4.78 is 28.8. The van der Waals surface area contributed by atoms with Crippen molar-refractivity contribution in [2.45, 2.75) is 12.7 Å². The van der Waals surface area contributed by atoms with Crippen molar-refractivity contribution in [3.05, 3.63) is 90.3 Å². The minimum atomic E-state index is -2.85. The first-order valence-electron chi connectivity index (χ1n) is 8.19. The number of nitrogens with one attached hydrogen (secondary N) is 2. The maximum atomic E-state index is 12.2. The Hall–Kier alpha value is -3.06. The number of pyridine rings is 1. The molecule has 0 radical (unpaired) electrons. The van der Waals surface area contributed by atoms with Gasteiger partial charge in [0, 0.05) is 18.1 Å². The number of halogens is 2. The summed E-state index contributed by atoms with van der Waals surface area (Å²) in [5, 5.41) is 6.75. The van der Waals surface area contributed by atoms with E-state index >= 15 is 0 Å². The zero-order chi connectivity index (χ0) is 19.1. The molecular formula is C20H17F2N3OS. The summed E-state index contributed by atoms with van der Waals surface area (Å²) in [5.41, 5.74) is 2.73. The second-order valence-electron chi connectivity index (χ2n) is 5.63. The van der Waals surface area contributed by atoms with Gasteiger partial charge in [0.15, 0.2) is 5.11 Å². The molecule has 1 atom stereocenters. The molecule has 0 unspecified atom stereocenters. The SMILES string of the molecule is FC(F)Oc1ccc(NC(=S)N[C@H](c2ccccc2)c2ccncc2)cc1. The molecule has 1 aromatic heterocycles. The third kappa shape index (κ3) is 5.46. The Morgan fingerprint density at radius 3 is 2.15 bits per heavy atom. The van der Waals surface area contributed by atoms with Crippen LogP contribution in [0.15, 0.2) is 79.1 Å². The number of thiocarbonyl (C=S) groups is 1. The number of benzene rings is 2. The van der Waals surface area contributed by atoms with E-state index < -0.39 is 6.61 Å². The van der Waals surface area contributed by atoms with Gasteiger partial charge in [0.25, 0.3) is 0 Å². The number of hydrogen-bond donors (Lipinski definition) is 2. The lowest BCUT2D eigenvalue weighted by molar-refractivity contribution is -0.0498. The van der Waals surface area contributed by atoms with Crippen LogP contribution in [-0.4, -0.2) is 16.7 Å². The number of anilines is 1. The Balaban J connectivity index is 1.71. The van der Waals surface area contributed by atoms with Crippen LogP contribution in [0, 0.1) is 0 Å². The van der Waals surface area contributed by atoms with Gasteiger partial charge in [-0.15, -0.1) is 0 Å². The van der Waals surface area contributed by atoms with E-state index in [1.165, 1.54) is 12.1 Å².